The van der Waals surface area contributed by atoms with E-state index in [2.05, 4.69) is 47.0 Å². The largest absolute Gasteiger partial charge is 0.386 e. The van der Waals surface area contributed by atoms with Crippen LogP contribution in [0.1, 0.15) is 44.1 Å². The van der Waals surface area contributed by atoms with Gasteiger partial charge in [-0.1, -0.05) is 44.2 Å². The van der Waals surface area contributed by atoms with E-state index in [4.69, 9.17) is 0 Å². The number of hydrogen-bond acceptors (Lipinski definition) is 2. The standard InChI is InChI=1S/C16H21BrN2O/c1-4-16(5-2,12-9-7-6-8-10-12)15(20)14-13(17)11-18-19(14)3/h6-11,15,20H,4-5H2,1-3H3. The predicted octanol–water partition coefficient (Wildman–Crippen LogP) is 3.97. The van der Waals surface area contributed by atoms with E-state index in [0.29, 0.717) is 0 Å². The van der Waals surface area contributed by atoms with Gasteiger partial charge in [0.1, 0.15) is 6.10 Å². The van der Waals surface area contributed by atoms with Crippen molar-refractivity contribution in [3.63, 3.8) is 0 Å². The second kappa shape index (κ2) is 6.10. The zero-order valence-electron chi connectivity index (χ0n) is 12.2. The van der Waals surface area contributed by atoms with Gasteiger partial charge in [-0.05, 0) is 34.3 Å². The maximum atomic E-state index is 11.0. The SMILES string of the molecule is CCC(CC)(c1ccccc1)C(O)c1c(Br)cnn1C. The third-order valence-corrected chi connectivity index (χ3v) is 4.94. The van der Waals surface area contributed by atoms with Crippen LogP contribution < -0.4 is 0 Å². The van der Waals surface area contributed by atoms with Crippen LogP contribution in [-0.2, 0) is 12.5 Å². The summed E-state index contributed by atoms with van der Waals surface area (Å²) in [6.07, 6.45) is 2.87. The minimum Gasteiger partial charge on any atom is -0.386 e. The van der Waals surface area contributed by atoms with E-state index >= 15 is 0 Å². The van der Waals surface area contributed by atoms with Crippen LogP contribution >= 0.6 is 15.9 Å². The monoisotopic (exact) mass is 336 g/mol. The van der Waals surface area contributed by atoms with Crippen molar-refractivity contribution in [2.24, 2.45) is 7.05 Å². The molecule has 3 nitrogen and oxygen atoms in total. The summed E-state index contributed by atoms with van der Waals surface area (Å²) in [7, 11) is 1.87. The molecule has 0 aliphatic rings. The van der Waals surface area contributed by atoms with Gasteiger partial charge in [0.2, 0.25) is 0 Å². The van der Waals surface area contributed by atoms with E-state index in [1.54, 1.807) is 10.9 Å². The maximum absolute atomic E-state index is 11.0. The van der Waals surface area contributed by atoms with Gasteiger partial charge in [0.05, 0.1) is 16.4 Å². The van der Waals surface area contributed by atoms with E-state index in [-0.39, 0.29) is 5.41 Å². The molecule has 0 radical (unpaired) electrons. The summed E-state index contributed by atoms with van der Waals surface area (Å²) >= 11 is 3.50. The molecule has 1 atom stereocenters. The first-order chi connectivity index (χ1) is 9.56. The van der Waals surface area contributed by atoms with Gasteiger partial charge in [-0.2, -0.15) is 5.10 Å². The molecule has 4 heteroatoms. The first kappa shape index (κ1) is 15.3. The van der Waals surface area contributed by atoms with Crippen LogP contribution in [0.2, 0.25) is 0 Å². The van der Waals surface area contributed by atoms with Crippen molar-refractivity contribution in [1.29, 1.82) is 0 Å². The third kappa shape index (κ3) is 2.42. The summed E-state index contributed by atoms with van der Waals surface area (Å²) in [4.78, 5) is 0. The minimum atomic E-state index is -0.596. The molecular formula is C16H21BrN2O. The molecule has 0 saturated heterocycles. The summed E-state index contributed by atoms with van der Waals surface area (Å²) in [5, 5.41) is 15.3. The van der Waals surface area contributed by atoms with Crippen LogP contribution in [0.15, 0.2) is 41.0 Å². The molecule has 0 spiro atoms. The molecular weight excluding hydrogens is 316 g/mol. The highest BCUT2D eigenvalue weighted by molar-refractivity contribution is 9.10. The second-order valence-corrected chi connectivity index (χ2v) is 5.99. The molecule has 2 rings (SSSR count). The van der Waals surface area contributed by atoms with Gasteiger partial charge in [-0.25, -0.2) is 0 Å². The summed E-state index contributed by atoms with van der Waals surface area (Å²) in [6, 6.07) is 10.3. The molecule has 0 fully saturated rings. The quantitative estimate of drug-likeness (QED) is 0.896. The molecule has 1 aromatic carbocycles. The summed E-state index contributed by atoms with van der Waals surface area (Å²) in [6.45, 7) is 4.26. The minimum absolute atomic E-state index is 0.294. The van der Waals surface area contributed by atoms with E-state index in [0.717, 1.165) is 23.0 Å². The Morgan fingerprint density at radius 2 is 1.85 bits per heavy atom. The Bertz CT molecular complexity index is 542. The molecule has 1 heterocycles. The van der Waals surface area contributed by atoms with E-state index < -0.39 is 6.10 Å². The van der Waals surface area contributed by atoms with Crippen LogP contribution in [0.3, 0.4) is 0 Å². The van der Waals surface area contributed by atoms with Crippen molar-refractivity contribution in [3.05, 3.63) is 52.3 Å². The molecule has 0 aliphatic carbocycles. The topological polar surface area (TPSA) is 38.1 Å². The Morgan fingerprint density at radius 1 is 1.25 bits per heavy atom. The lowest BCUT2D eigenvalue weighted by Gasteiger charge is -2.37. The number of halogens is 1. The number of rotatable bonds is 5. The summed E-state index contributed by atoms with van der Waals surface area (Å²) < 4.78 is 2.60. The fraction of sp³-hybridized carbons (Fsp3) is 0.438. The zero-order valence-corrected chi connectivity index (χ0v) is 13.8. The fourth-order valence-corrected chi connectivity index (χ4v) is 3.53. The lowest BCUT2D eigenvalue weighted by Crippen LogP contribution is -2.34. The molecule has 0 aliphatic heterocycles. The average Bonchev–Trinajstić information content (AvgIpc) is 2.81. The summed E-state index contributed by atoms with van der Waals surface area (Å²) in [5.74, 6) is 0. The first-order valence-electron chi connectivity index (χ1n) is 6.97. The van der Waals surface area contributed by atoms with Gasteiger partial charge in [0, 0.05) is 12.5 Å². The molecule has 1 N–H and O–H groups in total. The number of aliphatic hydroxyl groups is 1. The molecule has 20 heavy (non-hydrogen) atoms. The predicted molar refractivity (Wildman–Crippen MR) is 84.6 cm³/mol. The van der Waals surface area contributed by atoms with Crippen molar-refractivity contribution in [3.8, 4) is 0 Å². The first-order valence-corrected chi connectivity index (χ1v) is 7.77. The molecule has 1 aromatic heterocycles. The lowest BCUT2D eigenvalue weighted by molar-refractivity contribution is 0.0650. The molecule has 2 aromatic rings. The van der Waals surface area contributed by atoms with Crippen LogP contribution in [0.5, 0.6) is 0 Å². The Morgan fingerprint density at radius 3 is 2.30 bits per heavy atom. The Hall–Kier alpha value is -1.13. The number of aliphatic hydroxyl groups excluding tert-OH is 1. The number of hydrogen-bond donors (Lipinski definition) is 1. The van der Waals surface area contributed by atoms with Gasteiger partial charge in [-0.15, -0.1) is 0 Å². The van der Waals surface area contributed by atoms with Crippen LogP contribution in [0, 0.1) is 0 Å². The average molecular weight is 337 g/mol. The van der Waals surface area contributed by atoms with Gasteiger partial charge in [-0.3, -0.25) is 4.68 Å². The molecule has 1 unspecified atom stereocenters. The third-order valence-electron chi connectivity index (χ3n) is 4.33. The normalized spacial score (nSPS) is 13.4. The van der Waals surface area contributed by atoms with Crippen molar-refractivity contribution in [1.82, 2.24) is 9.78 Å². The Balaban J connectivity index is 2.54. The van der Waals surface area contributed by atoms with Crippen molar-refractivity contribution >= 4 is 15.9 Å². The molecule has 108 valence electrons. The van der Waals surface area contributed by atoms with Crippen molar-refractivity contribution < 1.29 is 5.11 Å². The summed E-state index contributed by atoms with van der Waals surface area (Å²) in [5.41, 5.74) is 1.71. The van der Waals surface area contributed by atoms with Crippen LogP contribution in [-0.4, -0.2) is 14.9 Å². The van der Waals surface area contributed by atoms with E-state index in [1.807, 2.05) is 25.2 Å². The molecule has 0 bridgehead atoms. The zero-order chi connectivity index (χ0) is 14.8. The van der Waals surface area contributed by atoms with Crippen molar-refractivity contribution in [2.75, 3.05) is 0 Å². The van der Waals surface area contributed by atoms with Gasteiger partial charge in [0.15, 0.2) is 0 Å². The van der Waals surface area contributed by atoms with Gasteiger partial charge < -0.3 is 5.11 Å². The highest BCUT2D eigenvalue weighted by Crippen LogP contribution is 2.44. The van der Waals surface area contributed by atoms with Gasteiger partial charge in [0.25, 0.3) is 0 Å². The smallest absolute Gasteiger partial charge is 0.106 e. The van der Waals surface area contributed by atoms with E-state index in [1.165, 1.54) is 5.56 Å². The second-order valence-electron chi connectivity index (χ2n) is 5.13. The van der Waals surface area contributed by atoms with Gasteiger partial charge >= 0.3 is 0 Å². The van der Waals surface area contributed by atoms with Crippen LogP contribution in [0.4, 0.5) is 0 Å². The van der Waals surface area contributed by atoms with Crippen molar-refractivity contribution in [2.45, 2.75) is 38.2 Å². The van der Waals surface area contributed by atoms with Crippen LogP contribution in [0.25, 0.3) is 0 Å². The Labute approximate surface area is 128 Å². The molecule has 0 saturated carbocycles. The highest BCUT2D eigenvalue weighted by Gasteiger charge is 2.39. The maximum Gasteiger partial charge on any atom is 0.106 e. The number of aryl methyl sites for hydroxylation is 1. The number of benzene rings is 1. The fourth-order valence-electron chi connectivity index (χ4n) is 2.96. The lowest BCUT2D eigenvalue weighted by atomic mass is 9.70. The Kier molecular flexibility index (Phi) is 4.66. The highest BCUT2D eigenvalue weighted by atomic mass is 79.9. The number of nitrogens with zero attached hydrogens (tertiary/aromatic N) is 2. The molecule has 0 amide bonds. The van der Waals surface area contributed by atoms with E-state index in [9.17, 15) is 5.11 Å². The number of aromatic nitrogens is 2.